The molecule has 2 aliphatic rings. The lowest BCUT2D eigenvalue weighted by molar-refractivity contribution is -0.143. The van der Waals surface area contributed by atoms with E-state index in [9.17, 15) is 45.1 Å². The highest BCUT2D eigenvalue weighted by molar-refractivity contribution is 5.80. The van der Waals surface area contributed by atoms with Gasteiger partial charge in [-0.1, -0.05) is 12.1 Å². The Kier molecular flexibility index (Phi) is 11.9. The van der Waals surface area contributed by atoms with Crippen LogP contribution in [0.3, 0.4) is 0 Å². The van der Waals surface area contributed by atoms with Gasteiger partial charge in [0.15, 0.2) is 0 Å². The number of nitrogens with one attached hydrogen (secondary N) is 3. The quantitative estimate of drug-likeness (QED) is 0.263. The Labute approximate surface area is 280 Å². The first-order chi connectivity index (χ1) is 22.8. The van der Waals surface area contributed by atoms with E-state index in [-0.39, 0.29) is 55.0 Å². The Morgan fingerprint density at radius 2 is 1.45 bits per heavy atom. The Morgan fingerprint density at radius 3 is 2.00 bits per heavy atom. The molecule has 1 heterocycles. The molecule has 1 aliphatic carbocycles. The van der Waals surface area contributed by atoms with Gasteiger partial charge in [0.1, 0.15) is 5.82 Å². The monoisotopic (exact) mass is 702 g/mol. The van der Waals surface area contributed by atoms with Gasteiger partial charge in [0.25, 0.3) is 0 Å². The van der Waals surface area contributed by atoms with Gasteiger partial charge < -0.3 is 25.6 Å². The molecule has 1 aliphatic heterocycles. The lowest BCUT2D eigenvalue weighted by atomic mass is 9.81. The summed E-state index contributed by atoms with van der Waals surface area (Å²) in [5, 5.41) is 8.18. The number of benzene rings is 2. The summed E-state index contributed by atoms with van der Waals surface area (Å²) in [5.74, 6) is -1.62. The second kappa shape index (κ2) is 15.3. The molecule has 49 heavy (non-hydrogen) atoms. The van der Waals surface area contributed by atoms with Gasteiger partial charge in [-0.3, -0.25) is 9.59 Å². The molecule has 2 aromatic carbocycles. The van der Waals surface area contributed by atoms with Crippen LogP contribution >= 0.6 is 0 Å². The molecule has 0 unspecified atom stereocenters. The predicted octanol–water partition coefficient (Wildman–Crippen LogP) is 6.39. The van der Waals surface area contributed by atoms with Gasteiger partial charge in [-0.15, -0.1) is 0 Å². The van der Waals surface area contributed by atoms with E-state index in [4.69, 9.17) is 4.74 Å². The Balaban J connectivity index is 1.34. The largest absolute Gasteiger partial charge is 0.449 e. The number of amides is 3. The zero-order valence-electron chi connectivity index (χ0n) is 27.4. The van der Waals surface area contributed by atoms with Crippen LogP contribution < -0.4 is 16.0 Å². The van der Waals surface area contributed by atoms with Gasteiger partial charge >= 0.3 is 18.4 Å². The molecule has 4 rings (SSSR count). The maximum atomic E-state index is 13.7. The molecule has 0 radical (unpaired) electrons. The number of halogens is 7. The molecular weight excluding hydrogens is 661 g/mol. The molecule has 0 spiro atoms. The van der Waals surface area contributed by atoms with Crippen molar-refractivity contribution in [2.75, 3.05) is 26.2 Å². The van der Waals surface area contributed by atoms with Crippen molar-refractivity contribution in [1.82, 2.24) is 20.9 Å². The van der Waals surface area contributed by atoms with Crippen LogP contribution in [0.2, 0.25) is 0 Å². The second-order valence-corrected chi connectivity index (χ2v) is 13.8. The van der Waals surface area contributed by atoms with Crippen molar-refractivity contribution >= 4 is 17.9 Å². The maximum absolute atomic E-state index is 13.7. The van der Waals surface area contributed by atoms with Crippen molar-refractivity contribution in [3.63, 3.8) is 0 Å². The van der Waals surface area contributed by atoms with Crippen LogP contribution in [0.25, 0.3) is 0 Å². The molecule has 1 saturated heterocycles. The Hall–Kier alpha value is -3.88. The molecule has 270 valence electrons. The van der Waals surface area contributed by atoms with E-state index in [1.807, 2.05) is 20.8 Å². The van der Waals surface area contributed by atoms with Crippen molar-refractivity contribution in [2.45, 2.75) is 82.9 Å². The smallest absolute Gasteiger partial charge is 0.416 e. The second-order valence-electron chi connectivity index (χ2n) is 13.8. The SMILES string of the molecule is CC(C)(C)NC(=O)OCC1CCC(C(=O)N2C[C@@H](NCC(=O)NCc3cc(C(F)(F)F)cc(C(F)(F)F)c3)[C@H](c3ccc(F)cc3)C2)CC1. The fourth-order valence-corrected chi connectivity index (χ4v) is 6.22. The summed E-state index contributed by atoms with van der Waals surface area (Å²) in [4.78, 5) is 40.0. The third-order valence-electron chi connectivity index (χ3n) is 8.71. The van der Waals surface area contributed by atoms with Crippen LogP contribution in [0.4, 0.5) is 35.5 Å². The van der Waals surface area contributed by atoms with Gasteiger partial charge in [0.2, 0.25) is 11.8 Å². The standard InChI is InChI=1S/C34H41F7N4O4/c1-32(2,3)44-31(48)49-19-20-4-6-23(7-5-20)30(47)45-17-27(22-8-10-26(35)11-9-22)28(18-45)42-16-29(46)43-15-21-12-24(33(36,37)38)14-25(13-21)34(39,40)41/h8-14,20,23,27-28,42H,4-7,15-19H2,1-3H3,(H,43,46)(H,44,48)/t20?,23?,27-,28+/m0/s1. The number of alkyl halides is 6. The van der Waals surface area contributed by atoms with Crippen LogP contribution in [-0.4, -0.2) is 60.6 Å². The Morgan fingerprint density at radius 1 is 0.857 bits per heavy atom. The summed E-state index contributed by atoms with van der Waals surface area (Å²) in [6, 6.07) is 6.45. The first-order valence-corrected chi connectivity index (χ1v) is 16.1. The topological polar surface area (TPSA) is 99.8 Å². The lowest BCUT2D eigenvalue weighted by Gasteiger charge is -2.30. The normalized spacial score (nSPS) is 21.7. The van der Waals surface area contributed by atoms with Crippen LogP contribution in [0.5, 0.6) is 0 Å². The summed E-state index contributed by atoms with van der Waals surface area (Å²) in [6.07, 6.45) is -7.90. The molecule has 3 N–H and O–H groups in total. The van der Waals surface area contributed by atoms with Crippen LogP contribution in [-0.2, 0) is 33.2 Å². The number of alkyl carbamates (subject to hydrolysis) is 1. The van der Waals surface area contributed by atoms with E-state index in [2.05, 4.69) is 16.0 Å². The lowest BCUT2D eigenvalue weighted by Crippen LogP contribution is -2.43. The molecule has 8 nitrogen and oxygen atoms in total. The third-order valence-corrected chi connectivity index (χ3v) is 8.71. The van der Waals surface area contributed by atoms with Crippen LogP contribution in [0.1, 0.15) is 74.6 Å². The van der Waals surface area contributed by atoms with E-state index in [1.54, 1.807) is 17.0 Å². The number of nitrogens with zero attached hydrogens (tertiary/aromatic N) is 1. The number of rotatable bonds is 9. The summed E-state index contributed by atoms with van der Waals surface area (Å²) in [6.45, 7) is 5.43. The van der Waals surface area contributed by atoms with Crippen molar-refractivity contribution < 1.29 is 49.9 Å². The van der Waals surface area contributed by atoms with Gasteiger partial charge in [0, 0.05) is 43.1 Å². The number of hydrogen-bond acceptors (Lipinski definition) is 5. The number of hydrogen-bond donors (Lipinski definition) is 3. The zero-order chi connectivity index (χ0) is 36.1. The molecule has 0 aromatic heterocycles. The van der Waals surface area contributed by atoms with Gasteiger partial charge in [-0.05, 0) is 93.8 Å². The summed E-state index contributed by atoms with van der Waals surface area (Å²) in [7, 11) is 0. The average molecular weight is 703 g/mol. The van der Waals surface area contributed by atoms with Gasteiger partial charge in [0.05, 0.1) is 24.3 Å². The minimum Gasteiger partial charge on any atom is -0.449 e. The Bertz CT molecular complexity index is 1430. The molecule has 3 amide bonds. The van der Waals surface area contributed by atoms with E-state index in [0.29, 0.717) is 44.4 Å². The third kappa shape index (κ3) is 11.1. The van der Waals surface area contributed by atoms with E-state index in [1.165, 1.54) is 12.1 Å². The molecule has 2 aromatic rings. The number of carbonyl (C=O) groups is 3. The predicted molar refractivity (Wildman–Crippen MR) is 165 cm³/mol. The van der Waals surface area contributed by atoms with Gasteiger partial charge in [-0.2, -0.15) is 26.3 Å². The maximum Gasteiger partial charge on any atom is 0.416 e. The molecule has 15 heteroatoms. The van der Waals surface area contributed by atoms with Crippen molar-refractivity contribution in [3.8, 4) is 0 Å². The highest BCUT2D eigenvalue weighted by atomic mass is 19.4. The molecule has 0 bridgehead atoms. The first kappa shape index (κ1) is 37.9. The number of ether oxygens (including phenoxy) is 1. The van der Waals surface area contributed by atoms with Crippen LogP contribution in [0, 0.1) is 17.7 Å². The van der Waals surface area contributed by atoms with E-state index >= 15 is 0 Å². The van der Waals surface area contributed by atoms with Crippen LogP contribution in [0.15, 0.2) is 42.5 Å². The molecule has 2 fully saturated rings. The zero-order valence-corrected chi connectivity index (χ0v) is 27.4. The van der Waals surface area contributed by atoms with Crippen molar-refractivity contribution in [3.05, 3.63) is 70.5 Å². The average Bonchev–Trinajstić information content (AvgIpc) is 3.44. The number of carbonyl (C=O) groups excluding carboxylic acids is 3. The van der Waals surface area contributed by atoms with Crippen molar-refractivity contribution in [1.29, 1.82) is 0 Å². The van der Waals surface area contributed by atoms with E-state index in [0.717, 1.165) is 5.56 Å². The van der Waals surface area contributed by atoms with Crippen molar-refractivity contribution in [2.24, 2.45) is 11.8 Å². The summed E-state index contributed by atoms with van der Waals surface area (Å²) < 4.78 is 98.4. The summed E-state index contributed by atoms with van der Waals surface area (Å²) in [5.41, 5.74) is -3.02. The van der Waals surface area contributed by atoms with E-state index < -0.39 is 59.4 Å². The highest BCUT2D eigenvalue weighted by Crippen LogP contribution is 2.37. The minimum absolute atomic E-state index is 0.0186. The molecule has 2 atom stereocenters. The fraction of sp³-hybridized carbons (Fsp3) is 0.559. The summed E-state index contributed by atoms with van der Waals surface area (Å²) >= 11 is 0. The fourth-order valence-electron chi connectivity index (χ4n) is 6.22. The highest BCUT2D eigenvalue weighted by Gasteiger charge is 2.40. The van der Waals surface area contributed by atoms with Gasteiger partial charge in [-0.25, -0.2) is 9.18 Å². The number of likely N-dealkylation sites (tertiary alicyclic amines) is 1. The minimum atomic E-state index is -5.01. The molecule has 1 saturated carbocycles. The first-order valence-electron chi connectivity index (χ1n) is 16.1. The molecular formula is C34H41F7N4O4.